The van der Waals surface area contributed by atoms with Gasteiger partial charge >= 0.3 is 5.97 Å². The van der Waals surface area contributed by atoms with Gasteiger partial charge in [-0.3, -0.25) is 4.79 Å². The number of benzene rings is 2. The molecular weight excluding hydrogens is 346 g/mol. The maximum atomic E-state index is 12.3. The summed E-state index contributed by atoms with van der Waals surface area (Å²) in [6.07, 6.45) is -0.832. The molecule has 0 heterocycles. The fraction of sp³-hybridized carbons (Fsp3) is 0.222. The summed E-state index contributed by atoms with van der Waals surface area (Å²) in [5, 5.41) is 13.2. The second kappa shape index (κ2) is 7.90. The summed E-state index contributed by atoms with van der Waals surface area (Å²) >= 11 is 5.89. The number of methoxy groups -OCH3 is 1. The van der Waals surface area contributed by atoms with E-state index < -0.39 is 18.0 Å². The molecule has 1 atom stereocenters. The number of anilines is 1. The van der Waals surface area contributed by atoms with E-state index in [1.807, 2.05) is 6.92 Å². The van der Waals surface area contributed by atoms with Crippen LogP contribution in [0.4, 0.5) is 5.69 Å². The van der Waals surface area contributed by atoms with E-state index in [2.05, 4.69) is 10.1 Å². The minimum atomic E-state index is -0.832. The van der Waals surface area contributed by atoms with Crippen molar-refractivity contribution in [3.63, 3.8) is 0 Å². The lowest BCUT2D eigenvalue weighted by molar-refractivity contribution is -0.122. The Morgan fingerprint density at radius 3 is 2.60 bits per heavy atom. The molecule has 1 unspecified atom stereocenters. The van der Waals surface area contributed by atoms with E-state index in [9.17, 15) is 14.7 Å². The highest BCUT2D eigenvalue weighted by Gasteiger charge is 2.20. The number of carbonyl (C=O) groups excluding carboxylic acids is 2. The van der Waals surface area contributed by atoms with Crippen molar-refractivity contribution in [3.05, 3.63) is 52.5 Å². The van der Waals surface area contributed by atoms with Crippen molar-refractivity contribution in [2.75, 3.05) is 12.4 Å². The van der Waals surface area contributed by atoms with Crippen molar-refractivity contribution in [2.24, 2.45) is 0 Å². The van der Waals surface area contributed by atoms with Crippen molar-refractivity contribution >= 4 is 29.2 Å². The molecule has 2 rings (SSSR count). The van der Waals surface area contributed by atoms with E-state index in [-0.39, 0.29) is 17.0 Å². The fourth-order valence-corrected chi connectivity index (χ4v) is 2.37. The zero-order valence-electron chi connectivity index (χ0n) is 14.0. The number of hydrogen-bond donors (Lipinski definition) is 2. The molecule has 0 radical (unpaired) electrons. The predicted molar refractivity (Wildman–Crippen MR) is 94.4 cm³/mol. The molecule has 25 heavy (non-hydrogen) atoms. The summed E-state index contributed by atoms with van der Waals surface area (Å²) in [5.74, 6) is -1.02. The number of esters is 1. The molecule has 132 valence electrons. The Labute approximate surface area is 150 Å². The van der Waals surface area contributed by atoms with Crippen LogP contribution in [0.1, 0.15) is 22.8 Å². The molecule has 0 saturated carbocycles. The number of hydrogen-bond acceptors (Lipinski definition) is 5. The Morgan fingerprint density at radius 2 is 1.96 bits per heavy atom. The lowest BCUT2D eigenvalue weighted by Gasteiger charge is -2.17. The summed E-state index contributed by atoms with van der Waals surface area (Å²) in [7, 11) is 1.21. The van der Waals surface area contributed by atoms with Crippen molar-refractivity contribution < 1.29 is 24.2 Å². The number of ether oxygens (including phenoxy) is 2. The molecule has 2 aromatic carbocycles. The van der Waals surface area contributed by atoms with E-state index in [1.54, 1.807) is 25.1 Å². The first-order valence-electron chi connectivity index (χ1n) is 7.47. The molecule has 1 amide bonds. The standard InChI is InChI=1S/C18H18ClNO5/c1-10-9-12(19)7-8-15(10)25-11(2)17(22)20-14-6-4-5-13(16(14)21)18(23)24-3/h4-9,11,21H,1-3H3,(H,20,22). The Hall–Kier alpha value is -2.73. The molecule has 0 aliphatic rings. The van der Waals surface area contributed by atoms with Crippen LogP contribution in [0, 0.1) is 6.92 Å². The van der Waals surface area contributed by atoms with Gasteiger partial charge in [0, 0.05) is 5.02 Å². The van der Waals surface area contributed by atoms with E-state index in [1.165, 1.54) is 25.3 Å². The van der Waals surface area contributed by atoms with E-state index in [4.69, 9.17) is 16.3 Å². The molecule has 0 aliphatic heterocycles. The summed E-state index contributed by atoms with van der Waals surface area (Å²) in [6.45, 7) is 3.39. The molecular formula is C18H18ClNO5. The fourth-order valence-electron chi connectivity index (χ4n) is 2.14. The van der Waals surface area contributed by atoms with Crippen LogP contribution in [-0.4, -0.2) is 30.2 Å². The second-order valence-corrected chi connectivity index (χ2v) is 5.79. The Kier molecular flexibility index (Phi) is 5.88. The van der Waals surface area contributed by atoms with Crippen molar-refractivity contribution in [1.82, 2.24) is 0 Å². The van der Waals surface area contributed by atoms with E-state index in [0.717, 1.165) is 5.56 Å². The van der Waals surface area contributed by atoms with Gasteiger partial charge in [0.1, 0.15) is 11.3 Å². The van der Waals surface area contributed by atoms with Gasteiger partial charge in [0.25, 0.3) is 5.91 Å². The Morgan fingerprint density at radius 1 is 1.24 bits per heavy atom. The highest BCUT2D eigenvalue weighted by atomic mass is 35.5. The van der Waals surface area contributed by atoms with Gasteiger partial charge in [-0.15, -0.1) is 0 Å². The molecule has 6 nitrogen and oxygen atoms in total. The quantitative estimate of drug-likeness (QED) is 0.627. The number of phenolic OH excluding ortho intramolecular Hbond substituents is 1. The first-order chi connectivity index (χ1) is 11.8. The number of aromatic hydroxyl groups is 1. The molecule has 2 N–H and O–H groups in total. The minimum Gasteiger partial charge on any atom is -0.505 e. The SMILES string of the molecule is COC(=O)c1cccc(NC(=O)C(C)Oc2ccc(Cl)cc2C)c1O. The monoisotopic (exact) mass is 363 g/mol. The van der Waals surface area contributed by atoms with Gasteiger partial charge < -0.3 is 19.9 Å². The van der Waals surface area contributed by atoms with Gasteiger partial charge in [-0.25, -0.2) is 4.79 Å². The van der Waals surface area contributed by atoms with Gasteiger partial charge in [0.15, 0.2) is 11.9 Å². The molecule has 7 heteroatoms. The third kappa shape index (κ3) is 4.42. The zero-order chi connectivity index (χ0) is 18.6. The molecule has 0 fully saturated rings. The largest absolute Gasteiger partial charge is 0.505 e. The number of halogens is 1. The van der Waals surface area contributed by atoms with Gasteiger partial charge in [-0.2, -0.15) is 0 Å². The van der Waals surface area contributed by atoms with Crippen LogP contribution in [0.15, 0.2) is 36.4 Å². The van der Waals surface area contributed by atoms with Crippen LogP contribution < -0.4 is 10.1 Å². The van der Waals surface area contributed by atoms with Crippen LogP contribution in [0.3, 0.4) is 0 Å². The van der Waals surface area contributed by atoms with Gasteiger partial charge in [-0.1, -0.05) is 17.7 Å². The summed E-state index contributed by atoms with van der Waals surface area (Å²) in [6, 6.07) is 9.47. The number of amides is 1. The number of para-hydroxylation sites is 1. The van der Waals surface area contributed by atoms with Crippen LogP contribution >= 0.6 is 11.6 Å². The Bertz CT molecular complexity index is 806. The van der Waals surface area contributed by atoms with Crippen molar-refractivity contribution in [3.8, 4) is 11.5 Å². The smallest absolute Gasteiger partial charge is 0.341 e. The summed E-state index contributed by atoms with van der Waals surface area (Å²) in [5.41, 5.74) is 0.848. The van der Waals surface area contributed by atoms with Gasteiger partial charge in [-0.05, 0) is 49.7 Å². The van der Waals surface area contributed by atoms with Crippen molar-refractivity contribution in [1.29, 1.82) is 0 Å². The average Bonchev–Trinajstić information content (AvgIpc) is 2.58. The Balaban J connectivity index is 2.12. The van der Waals surface area contributed by atoms with E-state index in [0.29, 0.717) is 10.8 Å². The molecule has 2 aromatic rings. The molecule has 0 spiro atoms. The third-order valence-corrected chi connectivity index (χ3v) is 3.74. The normalized spacial score (nSPS) is 11.5. The topological polar surface area (TPSA) is 84.9 Å². The lowest BCUT2D eigenvalue weighted by atomic mass is 10.1. The molecule has 0 saturated heterocycles. The van der Waals surface area contributed by atoms with Gasteiger partial charge in [0.05, 0.1) is 12.8 Å². The highest BCUT2D eigenvalue weighted by Crippen LogP contribution is 2.28. The maximum absolute atomic E-state index is 12.3. The van der Waals surface area contributed by atoms with Gasteiger partial charge in [0.2, 0.25) is 0 Å². The molecule has 0 bridgehead atoms. The zero-order valence-corrected chi connectivity index (χ0v) is 14.8. The predicted octanol–water partition coefficient (Wildman–Crippen LogP) is 3.55. The van der Waals surface area contributed by atoms with Crippen LogP contribution in [0.2, 0.25) is 5.02 Å². The average molecular weight is 364 g/mol. The van der Waals surface area contributed by atoms with Crippen LogP contribution in [0.25, 0.3) is 0 Å². The first-order valence-corrected chi connectivity index (χ1v) is 7.85. The number of aryl methyl sites for hydroxylation is 1. The second-order valence-electron chi connectivity index (χ2n) is 5.35. The number of nitrogens with one attached hydrogen (secondary N) is 1. The van der Waals surface area contributed by atoms with Crippen molar-refractivity contribution in [2.45, 2.75) is 20.0 Å². The van der Waals surface area contributed by atoms with Crippen LogP contribution in [-0.2, 0) is 9.53 Å². The third-order valence-electron chi connectivity index (χ3n) is 3.51. The highest BCUT2D eigenvalue weighted by molar-refractivity contribution is 6.30. The summed E-state index contributed by atoms with van der Waals surface area (Å²) in [4.78, 5) is 23.9. The number of rotatable bonds is 5. The minimum absolute atomic E-state index is 0.0394. The summed E-state index contributed by atoms with van der Waals surface area (Å²) < 4.78 is 10.2. The molecule has 0 aliphatic carbocycles. The molecule has 0 aromatic heterocycles. The number of carbonyl (C=O) groups is 2. The lowest BCUT2D eigenvalue weighted by Crippen LogP contribution is -2.30. The first kappa shape index (κ1) is 18.6. The van der Waals surface area contributed by atoms with Crippen LogP contribution in [0.5, 0.6) is 11.5 Å². The maximum Gasteiger partial charge on any atom is 0.341 e. The van der Waals surface area contributed by atoms with E-state index >= 15 is 0 Å². The number of phenols is 1.